The normalized spacial score (nSPS) is 19.6. The highest BCUT2D eigenvalue weighted by Crippen LogP contribution is 2.38. The van der Waals surface area contributed by atoms with Crippen molar-refractivity contribution in [3.05, 3.63) is 30.1 Å². The third-order valence-electron chi connectivity index (χ3n) is 3.93. The van der Waals surface area contributed by atoms with Crippen molar-refractivity contribution in [3.8, 4) is 0 Å². The zero-order chi connectivity index (χ0) is 16.4. The van der Waals surface area contributed by atoms with Crippen molar-refractivity contribution in [2.45, 2.75) is 37.6 Å². The second kappa shape index (κ2) is 6.12. The van der Waals surface area contributed by atoms with Gasteiger partial charge in [-0.15, -0.1) is 0 Å². The van der Waals surface area contributed by atoms with Crippen molar-refractivity contribution in [1.82, 2.24) is 15.2 Å². The van der Waals surface area contributed by atoms with Crippen molar-refractivity contribution in [2.75, 3.05) is 13.1 Å². The Morgan fingerprint density at radius 3 is 2.59 bits per heavy atom. The highest BCUT2D eigenvalue weighted by molar-refractivity contribution is 5.74. The number of aliphatic hydroxyl groups is 1. The van der Waals surface area contributed by atoms with E-state index in [1.807, 2.05) is 0 Å². The number of aromatic nitrogens is 1. The van der Waals surface area contributed by atoms with Crippen molar-refractivity contribution in [2.24, 2.45) is 0 Å². The fourth-order valence-corrected chi connectivity index (χ4v) is 2.36. The Bertz CT molecular complexity index is 514. The average Bonchev–Trinajstić information content (AvgIpc) is 2.47. The van der Waals surface area contributed by atoms with E-state index >= 15 is 0 Å². The Hall–Kier alpha value is -1.83. The van der Waals surface area contributed by atoms with Crippen LogP contribution in [0.2, 0.25) is 0 Å². The number of urea groups is 1. The Morgan fingerprint density at radius 1 is 1.45 bits per heavy atom. The molecule has 0 aliphatic carbocycles. The molecule has 1 saturated heterocycles. The van der Waals surface area contributed by atoms with Gasteiger partial charge in [-0.05, 0) is 18.6 Å². The summed E-state index contributed by atoms with van der Waals surface area (Å²) in [5, 5.41) is 12.3. The minimum Gasteiger partial charge on any atom is -0.380 e. The summed E-state index contributed by atoms with van der Waals surface area (Å²) in [4.78, 5) is 17.3. The standard InChI is InChI=1S/C14H18F3N3O2/c1-10(11-3-2-6-18-9-11)19-12(21)20-7-4-13(22,5-8-20)14(15,16)17/h2-3,6,9-10,22H,4-5,7-8H2,1H3,(H,19,21). The van der Waals surface area contributed by atoms with E-state index in [2.05, 4.69) is 10.3 Å². The zero-order valence-electron chi connectivity index (χ0n) is 12.1. The molecule has 22 heavy (non-hydrogen) atoms. The van der Waals surface area contributed by atoms with Crippen LogP contribution in [0.25, 0.3) is 0 Å². The van der Waals surface area contributed by atoms with Crippen LogP contribution in [0.1, 0.15) is 31.4 Å². The highest BCUT2D eigenvalue weighted by Gasteiger charge is 2.54. The van der Waals surface area contributed by atoms with Crippen LogP contribution in [0.5, 0.6) is 0 Å². The van der Waals surface area contributed by atoms with Crippen LogP contribution in [0.3, 0.4) is 0 Å². The summed E-state index contributed by atoms with van der Waals surface area (Å²) < 4.78 is 38.1. The number of nitrogens with one attached hydrogen (secondary N) is 1. The number of amides is 2. The third-order valence-corrected chi connectivity index (χ3v) is 3.93. The quantitative estimate of drug-likeness (QED) is 0.879. The maximum Gasteiger partial charge on any atom is 0.417 e. The van der Waals surface area contributed by atoms with Crippen LogP contribution in [0.4, 0.5) is 18.0 Å². The fourth-order valence-electron chi connectivity index (χ4n) is 2.36. The fraction of sp³-hybridized carbons (Fsp3) is 0.571. The molecule has 2 rings (SSSR count). The molecule has 1 aliphatic rings. The summed E-state index contributed by atoms with van der Waals surface area (Å²) in [7, 11) is 0. The van der Waals surface area contributed by atoms with Crippen LogP contribution < -0.4 is 5.32 Å². The van der Waals surface area contributed by atoms with Gasteiger partial charge in [0.15, 0.2) is 5.60 Å². The van der Waals surface area contributed by atoms with Crippen LogP contribution in [-0.4, -0.2) is 45.9 Å². The number of carbonyl (C=O) groups excluding carboxylic acids is 1. The molecule has 2 heterocycles. The van der Waals surface area contributed by atoms with Crippen LogP contribution in [-0.2, 0) is 0 Å². The number of likely N-dealkylation sites (tertiary alicyclic amines) is 1. The molecule has 1 unspecified atom stereocenters. The molecular formula is C14H18F3N3O2. The highest BCUT2D eigenvalue weighted by atomic mass is 19.4. The van der Waals surface area contributed by atoms with Crippen LogP contribution >= 0.6 is 0 Å². The summed E-state index contributed by atoms with van der Waals surface area (Å²) in [6.07, 6.45) is -2.46. The first-order valence-corrected chi connectivity index (χ1v) is 6.97. The summed E-state index contributed by atoms with van der Waals surface area (Å²) in [6, 6.07) is 2.80. The lowest BCUT2D eigenvalue weighted by Gasteiger charge is -2.39. The van der Waals surface area contributed by atoms with Gasteiger partial charge in [-0.3, -0.25) is 4.98 Å². The lowest BCUT2D eigenvalue weighted by atomic mass is 9.91. The van der Waals surface area contributed by atoms with E-state index in [-0.39, 0.29) is 19.1 Å². The molecule has 0 saturated carbocycles. The first-order chi connectivity index (χ1) is 10.2. The molecule has 1 aromatic heterocycles. The second-order valence-corrected chi connectivity index (χ2v) is 5.47. The number of pyridine rings is 1. The zero-order valence-corrected chi connectivity index (χ0v) is 12.1. The summed E-state index contributed by atoms with van der Waals surface area (Å²) in [5.74, 6) is 0. The van der Waals surface area contributed by atoms with Gasteiger partial charge >= 0.3 is 12.2 Å². The van der Waals surface area contributed by atoms with E-state index in [4.69, 9.17) is 0 Å². The van der Waals surface area contributed by atoms with Gasteiger partial charge in [0.1, 0.15) is 0 Å². The number of piperidine rings is 1. The molecule has 1 fully saturated rings. The largest absolute Gasteiger partial charge is 0.417 e. The number of halogens is 3. The van der Waals surface area contributed by atoms with Gasteiger partial charge in [0.25, 0.3) is 0 Å². The molecular weight excluding hydrogens is 299 g/mol. The maximum atomic E-state index is 12.7. The Kier molecular flexibility index (Phi) is 4.60. The first kappa shape index (κ1) is 16.5. The van der Waals surface area contributed by atoms with E-state index in [0.29, 0.717) is 0 Å². The minimum atomic E-state index is -4.67. The predicted octanol–water partition coefficient (Wildman–Crippen LogP) is 2.24. The maximum absolute atomic E-state index is 12.7. The van der Waals surface area contributed by atoms with Gasteiger partial charge in [-0.25, -0.2) is 4.79 Å². The van der Waals surface area contributed by atoms with E-state index in [9.17, 15) is 23.1 Å². The molecule has 122 valence electrons. The van der Waals surface area contributed by atoms with Gasteiger partial charge in [0, 0.05) is 38.3 Å². The Balaban J connectivity index is 1.91. The predicted molar refractivity (Wildman–Crippen MR) is 73.0 cm³/mol. The molecule has 5 nitrogen and oxygen atoms in total. The monoisotopic (exact) mass is 317 g/mol. The van der Waals surface area contributed by atoms with Gasteiger partial charge in [-0.1, -0.05) is 6.07 Å². The molecule has 0 spiro atoms. The van der Waals surface area contributed by atoms with E-state index in [0.717, 1.165) is 5.56 Å². The third kappa shape index (κ3) is 3.49. The molecule has 0 bridgehead atoms. The smallest absolute Gasteiger partial charge is 0.380 e. The number of hydrogen-bond acceptors (Lipinski definition) is 3. The van der Waals surface area contributed by atoms with Gasteiger partial charge in [0.05, 0.1) is 6.04 Å². The number of nitrogens with zero attached hydrogens (tertiary/aromatic N) is 2. The number of carbonyl (C=O) groups is 1. The molecule has 1 aromatic rings. The van der Waals surface area contributed by atoms with E-state index in [1.165, 1.54) is 4.90 Å². The van der Waals surface area contributed by atoms with Crippen LogP contribution in [0.15, 0.2) is 24.5 Å². The average molecular weight is 317 g/mol. The van der Waals surface area contributed by atoms with Gasteiger partial charge < -0.3 is 15.3 Å². The molecule has 1 aliphatic heterocycles. The van der Waals surface area contributed by atoms with Crippen molar-refractivity contribution in [3.63, 3.8) is 0 Å². The molecule has 2 N–H and O–H groups in total. The topological polar surface area (TPSA) is 65.5 Å². The number of rotatable bonds is 2. The van der Waals surface area contributed by atoms with Crippen molar-refractivity contribution < 1.29 is 23.1 Å². The van der Waals surface area contributed by atoms with Crippen molar-refractivity contribution in [1.29, 1.82) is 0 Å². The van der Waals surface area contributed by atoms with Crippen LogP contribution in [0, 0.1) is 0 Å². The van der Waals surface area contributed by atoms with E-state index in [1.54, 1.807) is 31.5 Å². The molecule has 0 aromatic carbocycles. The lowest BCUT2D eigenvalue weighted by Crippen LogP contribution is -2.56. The number of hydrogen-bond donors (Lipinski definition) is 2. The summed E-state index contributed by atoms with van der Waals surface area (Å²) in [6.45, 7) is 1.49. The number of alkyl halides is 3. The Labute approximate surface area is 126 Å². The second-order valence-electron chi connectivity index (χ2n) is 5.47. The first-order valence-electron chi connectivity index (χ1n) is 6.97. The van der Waals surface area contributed by atoms with Gasteiger partial charge in [-0.2, -0.15) is 13.2 Å². The molecule has 8 heteroatoms. The SMILES string of the molecule is CC(NC(=O)N1CCC(O)(C(F)(F)F)CC1)c1cccnc1. The lowest BCUT2D eigenvalue weighted by molar-refractivity contribution is -0.271. The van der Waals surface area contributed by atoms with E-state index < -0.39 is 30.7 Å². The summed E-state index contributed by atoms with van der Waals surface area (Å²) in [5.41, 5.74) is -1.89. The molecule has 1 atom stereocenters. The van der Waals surface area contributed by atoms with Gasteiger partial charge in [0.2, 0.25) is 0 Å². The Morgan fingerprint density at radius 2 is 2.09 bits per heavy atom. The van der Waals surface area contributed by atoms with Crippen molar-refractivity contribution >= 4 is 6.03 Å². The minimum absolute atomic E-state index is 0.137. The summed E-state index contributed by atoms with van der Waals surface area (Å²) >= 11 is 0. The molecule has 0 radical (unpaired) electrons. The molecule has 2 amide bonds.